The third-order valence-electron chi connectivity index (χ3n) is 3.76. The zero-order valence-electron chi connectivity index (χ0n) is 9.25. The Bertz CT molecular complexity index is 350. The Kier molecular flexibility index (Phi) is 2.33. The molecule has 2 saturated carbocycles. The minimum Gasteiger partial charge on any atom is -0.310 e. The number of rotatable bonds is 5. The highest BCUT2D eigenvalue weighted by Gasteiger charge is 2.53. The molecule has 1 aromatic rings. The molecular weight excluding hydrogens is 204 g/mol. The van der Waals surface area contributed by atoms with Crippen LogP contribution >= 0.6 is 11.3 Å². The van der Waals surface area contributed by atoms with Crippen LogP contribution < -0.4 is 5.32 Å². The molecule has 2 aliphatic carbocycles. The molecule has 15 heavy (non-hydrogen) atoms. The fourth-order valence-electron chi connectivity index (χ4n) is 2.49. The van der Waals surface area contributed by atoms with Gasteiger partial charge in [-0.3, -0.25) is 0 Å². The predicted octanol–water partition coefficient (Wildman–Crippen LogP) is 2.73. The number of hydrogen-bond donors (Lipinski definition) is 1. The maximum atomic E-state index is 4.47. The molecule has 0 atom stereocenters. The van der Waals surface area contributed by atoms with Crippen LogP contribution in [0.4, 0.5) is 0 Å². The molecule has 2 fully saturated rings. The molecule has 2 nitrogen and oxygen atoms in total. The Morgan fingerprint density at radius 1 is 1.53 bits per heavy atom. The van der Waals surface area contributed by atoms with E-state index in [1.54, 1.807) is 11.3 Å². The predicted molar refractivity (Wildman–Crippen MR) is 62.9 cm³/mol. The van der Waals surface area contributed by atoms with Crippen molar-refractivity contribution in [1.82, 2.24) is 10.3 Å². The molecule has 0 aromatic carbocycles. The van der Waals surface area contributed by atoms with Crippen LogP contribution in [-0.4, -0.2) is 11.5 Å². The van der Waals surface area contributed by atoms with Gasteiger partial charge in [0.25, 0.3) is 0 Å². The SMILES string of the molecule is Cc1csc(CNCC2(C3CC3)CC2)n1. The summed E-state index contributed by atoms with van der Waals surface area (Å²) in [6.45, 7) is 4.25. The zero-order valence-corrected chi connectivity index (χ0v) is 10.1. The molecule has 0 saturated heterocycles. The molecule has 0 aliphatic heterocycles. The van der Waals surface area contributed by atoms with Crippen molar-refractivity contribution in [2.75, 3.05) is 6.54 Å². The largest absolute Gasteiger partial charge is 0.310 e. The van der Waals surface area contributed by atoms with Crippen LogP contribution in [0.2, 0.25) is 0 Å². The molecule has 1 N–H and O–H groups in total. The Labute approximate surface area is 95.1 Å². The van der Waals surface area contributed by atoms with Crippen molar-refractivity contribution in [3.8, 4) is 0 Å². The number of nitrogens with zero attached hydrogens (tertiary/aromatic N) is 1. The Morgan fingerprint density at radius 3 is 2.87 bits per heavy atom. The van der Waals surface area contributed by atoms with Gasteiger partial charge in [-0.2, -0.15) is 0 Å². The van der Waals surface area contributed by atoms with Crippen molar-refractivity contribution >= 4 is 11.3 Å². The first-order valence-electron chi connectivity index (χ1n) is 5.90. The fraction of sp³-hybridized carbons (Fsp3) is 0.750. The minimum atomic E-state index is 0.715. The van der Waals surface area contributed by atoms with Crippen LogP contribution in [0.3, 0.4) is 0 Å². The molecule has 2 aliphatic rings. The van der Waals surface area contributed by atoms with Gasteiger partial charge in [-0.1, -0.05) is 0 Å². The number of thiazole rings is 1. The molecule has 0 amide bonds. The van der Waals surface area contributed by atoms with E-state index in [-0.39, 0.29) is 0 Å². The van der Waals surface area contributed by atoms with Crippen molar-refractivity contribution in [2.24, 2.45) is 11.3 Å². The summed E-state index contributed by atoms with van der Waals surface area (Å²) in [6, 6.07) is 0. The maximum Gasteiger partial charge on any atom is 0.107 e. The smallest absolute Gasteiger partial charge is 0.107 e. The molecule has 0 radical (unpaired) electrons. The Balaban J connectivity index is 1.47. The molecule has 1 heterocycles. The Morgan fingerprint density at radius 2 is 2.33 bits per heavy atom. The quantitative estimate of drug-likeness (QED) is 0.828. The lowest BCUT2D eigenvalue weighted by Crippen LogP contribution is -2.24. The highest BCUT2D eigenvalue weighted by molar-refractivity contribution is 7.09. The average molecular weight is 222 g/mol. The van der Waals surface area contributed by atoms with Gasteiger partial charge >= 0.3 is 0 Å². The molecule has 3 rings (SSSR count). The van der Waals surface area contributed by atoms with Gasteiger partial charge in [0.05, 0.1) is 0 Å². The molecule has 0 bridgehead atoms. The summed E-state index contributed by atoms with van der Waals surface area (Å²) in [4.78, 5) is 4.47. The number of aryl methyl sites for hydroxylation is 1. The molecule has 82 valence electrons. The summed E-state index contributed by atoms with van der Waals surface area (Å²) in [5.41, 5.74) is 1.87. The van der Waals surface area contributed by atoms with Crippen LogP contribution in [0.1, 0.15) is 36.4 Å². The summed E-state index contributed by atoms with van der Waals surface area (Å²) in [6.07, 6.45) is 5.89. The van der Waals surface area contributed by atoms with E-state index in [0.29, 0.717) is 5.41 Å². The fourth-order valence-corrected chi connectivity index (χ4v) is 3.23. The average Bonchev–Trinajstić information content (AvgIpc) is 3.08. The normalized spacial score (nSPS) is 23.0. The maximum absolute atomic E-state index is 4.47. The van der Waals surface area contributed by atoms with E-state index < -0.39 is 0 Å². The standard InChI is InChI=1S/C12H18N2S/c1-9-7-15-11(14-9)6-13-8-12(4-5-12)10-2-3-10/h7,10,13H,2-6,8H2,1H3. The molecular formula is C12H18N2S. The minimum absolute atomic E-state index is 0.715. The molecule has 0 unspecified atom stereocenters. The molecule has 1 aromatic heterocycles. The van der Waals surface area contributed by atoms with Crippen LogP contribution in [-0.2, 0) is 6.54 Å². The van der Waals surface area contributed by atoms with Crippen molar-refractivity contribution < 1.29 is 0 Å². The van der Waals surface area contributed by atoms with Gasteiger partial charge in [-0.05, 0) is 43.9 Å². The summed E-state index contributed by atoms with van der Waals surface area (Å²) < 4.78 is 0. The van der Waals surface area contributed by atoms with Crippen molar-refractivity contribution in [3.63, 3.8) is 0 Å². The topological polar surface area (TPSA) is 24.9 Å². The highest BCUT2D eigenvalue weighted by atomic mass is 32.1. The molecule has 0 spiro atoms. The van der Waals surface area contributed by atoms with Gasteiger partial charge in [0.2, 0.25) is 0 Å². The van der Waals surface area contributed by atoms with E-state index in [1.807, 2.05) is 0 Å². The third-order valence-corrected chi connectivity index (χ3v) is 4.72. The third kappa shape index (κ3) is 2.08. The van der Waals surface area contributed by atoms with Crippen molar-refractivity contribution in [1.29, 1.82) is 0 Å². The van der Waals surface area contributed by atoms with Crippen LogP contribution in [0.5, 0.6) is 0 Å². The lowest BCUT2D eigenvalue weighted by Gasteiger charge is -2.13. The monoisotopic (exact) mass is 222 g/mol. The van der Waals surface area contributed by atoms with Gasteiger partial charge in [0, 0.05) is 24.2 Å². The first-order chi connectivity index (χ1) is 7.28. The van der Waals surface area contributed by atoms with E-state index in [1.165, 1.54) is 37.2 Å². The lowest BCUT2D eigenvalue weighted by molar-refractivity contribution is 0.403. The first-order valence-corrected chi connectivity index (χ1v) is 6.78. The van der Waals surface area contributed by atoms with Crippen LogP contribution in [0.25, 0.3) is 0 Å². The van der Waals surface area contributed by atoms with Gasteiger partial charge < -0.3 is 5.32 Å². The van der Waals surface area contributed by atoms with Gasteiger partial charge in [0.15, 0.2) is 0 Å². The van der Waals surface area contributed by atoms with Gasteiger partial charge in [-0.15, -0.1) is 11.3 Å². The molecule has 3 heteroatoms. The summed E-state index contributed by atoms with van der Waals surface area (Å²) in [5.74, 6) is 1.06. The number of hydrogen-bond acceptors (Lipinski definition) is 3. The Hall–Kier alpha value is -0.410. The van der Waals surface area contributed by atoms with Gasteiger partial charge in [0.1, 0.15) is 5.01 Å². The summed E-state index contributed by atoms with van der Waals surface area (Å²) >= 11 is 1.77. The second-order valence-electron chi connectivity index (χ2n) is 5.12. The second-order valence-corrected chi connectivity index (χ2v) is 6.07. The summed E-state index contributed by atoms with van der Waals surface area (Å²) in [5, 5.41) is 6.95. The van der Waals surface area contributed by atoms with Crippen LogP contribution in [0, 0.1) is 18.3 Å². The lowest BCUT2D eigenvalue weighted by atomic mass is 10.0. The number of aromatic nitrogens is 1. The van der Waals surface area contributed by atoms with Crippen LogP contribution in [0.15, 0.2) is 5.38 Å². The van der Waals surface area contributed by atoms with Gasteiger partial charge in [-0.25, -0.2) is 4.98 Å². The van der Waals surface area contributed by atoms with E-state index in [2.05, 4.69) is 22.6 Å². The first kappa shape index (κ1) is 9.79. The highest BCUT2D eigenvalue weighted by Crippen LogP contribution is 2.60. The number of nitrogens with one attached hydrogen (secondary N) is 1. The van der Waals surface area contributed by atoms with E-state index in [0.717, 1.165) is 18.2 Å². The zero-order chi connectivity index (χ0) is 10.3. The van der Waals surface area contributed by atoms with E-state index in [9.17, 15) is 0 Å². The van der Waals surface area contributed by atoms with E-state index in [4.69, 9.17) is 0 Å². The van der Waals surface area contributed by atoms with E-state index >= 15 is 0 Å². The van der Waals surface area contributed by atoms with Crippen molar-refractivity contribution in [2.45, 2.75) is 39.2 Å². The second kappa shape index (κ2) is 3.56. The summed E-state index contributed by atoms with van der Waals surface area (Å²) in [7, 11) is 0. The van der Waals surface area contributed by atoms with Crippen molar-refractivity contribution in [3.05, 3.63) is 16.1 Å².